The lowest BCUT2D eigenvalue weighted by Crippen LogP contribution is -2.39. The quantitative estimate of drug-likeness (QED) is 0.530. The maximum atomic E-state index is 12.9. The van der Waals surface area contributed by atoms with E-state index in [1.165, 1.54) is 24.8 Å². The van der Waals surface area contributed by atoms with Gasteiger partial charge in [-0.1, -0.05) is 40.7 Å². The van der Waals surface area contributed by atoms with Gasteiger partial charge >= 0.3 is 0 Å². The average Bonchev–Trinajstić information content (AvgIpc) is 3.37. The summed E-state index contributed by atoms with van der Waals surface area (Å²) in [7, 11) is 0. The normalized spacial score (nSPS) is 16.5. The molecule has 2 N–H and O–H groups in total. The molecule has 4 rings (SSSR count). The number of aromatic nitrogens is 2. The maximum Gasteiger partial charge on any atom is 0.286 e. The van der Waals surface area contributed by atoms with Crippen LogP contribution in [0.2, 0.25) is 0 Å². The molecule has 0 radical (unpaired) electrons. The molecule has 0 saturated carbocycles. The van der Waals surface area contributed by atoms with Crippen molar-refractivity contribution in [2.24, 2.45) is 5.92 Å². The molecule has 1 saturated heterocycles. The summed E-state index contributed by atoms with van der Waals surface area (Å²) in [5.74, 6) is -0.215. The highest BCUT2D eigenvalue weighted by molar-refractivity contribution is 7.15. The predicted molar refractivity (Wildman–Crippen MR) is 136 cm³/mol. The molecule has 1 fully saturated rings. The first-order chi connectivity index (χ1) is 17.0. The molecule has 2 heterocycles. The van der Waals surface area contributed by atoms with Crippen LogP contribution in [0.4, 0.5) is 5.69 Å². The van der Waals surface area contributed by atoms with Gasteiger partial charge in [0.25, 0.3) is 11.8 Å². The highest BCUT2D eigenvalue weighted by Gasteiger charge is 2.28. The van der Waals surface area contributed by atoms with E-state index < -0.39 is 0 Å². The third-order valence-electron chi connectivity index (χ3n) is 6.64. The number of hydrogen-bond acceptors (Lipinski definition) is 6. The molecule has 2 aliphatic rings. The molecule has 1 aliphatic carbocycles. The van der Waals surface area contributed by atoms with Gasteiger partial charge in [-0.2, -0.15) is 0 Å². The molecule has 8 nitrogen and oxygen atoms in total. The van der Waals surface area contributed by atoms with E-state index in [9.17, 15) is 14.4 Å². The van der Waals surface area contributed by atoms with Gasteiger partial charge in [0.1, 0.15) is 0 Å². The molecule has 0 bridgehead atoms. The Morgan fingerprint density at radius 3 is 2.51 bits per heavy atom. The first-order valence-electron chi connectivity index (χ1n) is 12.4. The van der Waals surface area contributed by atoms with Crippen molar-refractivity contribution in [3.05, 3.63) is 51.5 Å². The van der Waals surface area contributed by atoms with Crippen molar-refractivity contribution >= 4 is 34.7 Å². The van der Waals surface area contributed by atoms with Crippen molar-refractivity contribution in [1.29, 1.82) is 0 Å². The molecule has 186 valence electrons. The molecule has 9 heteroatoms. The Morgan fingerprint density at radius 2 is 1.80 bits per heavy atom. The van der Waals surface area contributed by atoms with Crippen LogP contribution in [0.3, 0.4) is 0 Å². The van der Waals surface area contributed by atoms with Crippen LogP contribution in [0, 0.1) is 12.8 Å². The highest BCUT2D eigenvalue weighted by Crippen LogP contribution is 2.24. The van der Waals surface area contributed by atoms with Crippen LogP contribution in [-0.4, -0.2) is 52.5 Å². The van der Waals surface area contributed by atoms with E-state index in [1.807, 2.05) is 31.2 Å². The first kappa shape index (κ1) is 25.0. The Bertz CT molecular complexity index is 1070. The molecule has 0 unspecified atom stereocenters. The summed E-state index contributed by atoms with van der Waals surface area (Å²) in [4.78, 5) is 39.4. The summed E-state index contributed by atoms with van der Waals surface area (Å²) in [5.41, 5.74) is 3.24. The third-order valence-corrected chi connectivity index (χ3v) is 7.55. The summed E-state index contributed by atoms with van der Waals surface area (Å²) in [5, 5.41) is 14.1. The van der Waals surface area contributed by atoms with E-state index in [1.54, 1.807) is 4.90 Å². The van der Waals surface area contributed by atoms with Gasteiger partial charge in [0.2, 0.25) is 15.9 Å². The van der Waals surface area contributed by atoms with E-state index in [-0.39, 0.29) is 33.7 Å². The fraction of sp³-hybridized carbons (Fsp3) is 0.500. The topological polar surface area (TPSA) is 104 Å². The molecule has 1 aromatic heterocycles. The van der Waals surface area contributed by atoms with Crippen LogP contribution in [0.1, 0.15) is 76.5 Å². The summed E-state index contributed by atoms with van der Waals surface area (Å²) in [6.45, 7) is 3.84. The van der Waals surface area contributed by atoms with Crippen LogP contribution in [0.25, 0.3) is 0 Å². The van der Waals surface area contributed by atoms with Gasteiger partial charge in [-0.05, 0) is 69.9 Å². The van der Waals surface area contributed by atoms with Gasteiger partial charge in [-0.3, -0.25) is 14.4 Å². The van der Waals surface area contributed by atoms with E-state index in [2.05, 4.69) is 26.9 Å². The zero-order valence-corrected chi connectivity index (χ0v) is 21.0. The summed E-state index contributed by atoms with van der Waals surface area (Å²) < 4.78 is 0. The minimum atomic E-state index is -0.380. The first-order valence-corrected chi connectivity index (χ1v) is 13.2. The zero-order chi connectivity index (χ0) is 24.6. The van der Waals surface area contributed by atoms with Gasteiger partial charge in [-0.25, -0.2) is 0 Å². The fourth-order valence-corrected chi connectivity index (χ4v) is 5.23. The molecular formula is C26H33N5O3S. The van der Waals surface area contributed by atoms with Gasteiger partial charge in [0, 0.05) is 31.7 Å². The second-order valence-corrected chi connectivity index (χ2v) is 10.4. The molecule has 0 spiro atoms. The Balaban J connectivity index is 1.19. The number of hydrogen-bond donors (Lipinski definition) is 2. The number of carbonyl (C=O) groups is 3. The summed E-state index contributed by atoms with van der Waals surface area (Å²) >= 11 is 1.00. The number of likely N-dealkylation sites (tertiary alicyclic amines) is 1. The van der Waals surface area contributed by atoms with E-state index >= 15 is 0 Å². The molecule has 2 aromatic rings. The lowest BCUT2D eigenvalue weighted by Gasteiger charge is -2.31. The predicted octanol–water partition coefficient (Wildman–Crippen LogP) is 4.35. The third kappa shape index (κ3) is 7.21. The van der Waals surface area contributed by atoms with Gasteiger partial charge in [0.05, 0.1) is 0 Å². The molecule has 3 amide bonds. The second-order valence-electron chi connectivity index (χ2n) is 9.38. The van der Waals surface area contributed by atoms with Crippen LogP contribution in [0.15, 0.2) is 35.9 Å². The lowest BCUT2D eigenvalue weighted by atomic mass is 9.93. The van der Waals surface area contributed by atoms with Crippen molar-refractivity contribution in [2.75, 3.05) is 25.0 Å². The van der Waals surface area contributed by atoms with Crippen molar-refractivity contribution < 1.29 is 14.4 Å². The van der Waals surface area contributed by atoms with Crippen LogP contribution in [0.5, 0.6) is 0 Å². The Morgan fingerprint density at radius 1 is 1.06 bits per heavy atom. The monoisotopic (exact) mass is 495 g/mol. The number of amides is 3. The van der Waals surface area contributed by atoms with Gasteiger partial charge in [-0.15, -0.1) is 10.2 Å². The van der Waals surface area contributed by atoms with Crippen molar-refractivity contribution in [2.45, 2.75) is 58.3 Å². The van der Waals surface area contributed by atoms with Gasteiger partial charge in [0.15, 0.2) is 0 Å². The number of piperidine rings is 1. The minimum Gasteiger partial charge on any atom is -0.356 e. The molecular weight excluding hydrogens is 462 g/mol. The SMILES string of the molecule is Cc1ccc(NC(=O)c2nnc(C(=O)N3CCC(CC(=O)NCCC4=CCCCC4)CC3)s2)cc1. The van der Waals surface area contributed by atoms with E-state index in [0.717, 1.165) is 42.6 Å². The number of nitrogens with zero attached hydrogens (tertiary/aromatic N) is 3. The van der Waals surface area contributed by atoms with Crippen molar-refractivity contribution in [1.82, 2.24) is 20.4 Å². The number of carbonyl (C=O) groups excluding carboxylic acids is 3. The van der Waals surface area contributed by atoms with Crippen LogP contribution in [-0.2, 0) is 4.79 Å². The van der Waals surface area contributed by atoms with E-state index in [0.29, 0.717) is 31.7 Å². The summed E-state index contributed by atoms with van der Waals surface area (Å²) in [6, 6.07) is 7.46. The largest absolute Gasteiger partial charge is 0.356 e. The lowest BCUT2D eigenvalue weighted by molar-refractivity contribution is -0.122. The molecule has 1 aromatic carbocycles. The fourth-order valence-electron chi connectivity index (χ4n) is 4.53. The van der Waals surface area contributed by atoms with Gasteiger partial charge < -0.3 is 15.5 Å². The summed E-state index contributed by atoms with van der Waals surface area (Å²) in [6.07, 6.45) is 10.2. The van der Waals surface area contributed by atoms with E-state index in [4.69, 9.17) is 0 Å². The highest BCUT2D eigenvalue weighted by atomic mass is 32.1. The molecule has 0 atom stereocenters. The smallest absolute Gasteiger partial charge is 0.286 e. The number of aryl methyl sites for hydroxylation is 1. The van der Waals surface area contributed by atoms with Crippen LogP contribution < -0.4 is 10.6 Å². The number of benzene rings is 1. The second kappa shape index (κ2) is 12.1. The number of anilines is 1. The molecule has 35 heavy (non-hydrogen) atoms. The molecule has 1 aliphatic heterocycles. The minimum absolute atomic E-state index is 0.0968. The van der Waals surface area contributed by atoms with Crippen molar-refractivity contribution in [3.8, 4) is 0 Å². The maximum absolute atomic E-state index is 12.9. The average molecular weight is 496 g/mol. The van der Waals surface area contributed by atoms with Crippen molar-refractivity contribution in [3.63, 3.8) is 0 Å². The Labute approximate surface area is 210 Å². The number of rotatable bonds is 8. The Hall–Kier alpha value is -3.07. The Kier molecular flexibility index (Phi) is 8.63. The standard InChI is InChI=1S/C26H33N5O3S/c1-18-7-9-21(10-8-18)28-23(33)24-29-30-25(35-24)26(34)31-15-12-20(13-16-31)17-22(32)27-14-11-19-5-3-2-4-6-19/h5,7-10,20H,2-4,6,11-17H2,1H3,(H,27,32)(H,28,33). The number of allylic oxidation sites excluding steroid dienone is 1. The van der Waals surface area contributed by atoms with Crippen LogP contribution >= 0.6 is 11.3 Å². The zero-order valence-electron chi connectivity index (χ0n) is 20.2. The number of nitrogens with one attached hydrogen (secondary N) is 2.